The number of benzene rings is 1. The van der Waals surface area contributed by atoms with Crippen molar-refractivity contribution in [1.82, 2.24) is 5.32 Å². The summed E-state index contributed by atoms with van der Waals surface area (Å²) in [5, 5.41) is 3.18. The van der Waals surface area contributed by atoms with Crippen molar-refractivity contribution in [2.75, 3.05) is 13.7 Å². The van der Waals surface area contributed by atoms with E-state index in [1.807, 2.05) is 19.9 Å². The van der Waals surface area contributed by atoms with Gasteiger partial charge < -0.3 is 10.1 Å². The van der Waals surface area contributed by atoms with E-state index < -0.39 is 0 Å². The minimum absolute atomic E-state index is 0.0217. The van der Waals surface area contributed by atoms with E-state index in [2.05, 4.69) is 15.0 Å². The second-order valence-corrected chi connectivity index (χ2v) is 4.48. The number of nitrogens with zero attached hydrogens (tertiary/aromatic N) is 1. The molecule has 21 heavy (non-hydrogen) atoms. The summed E-state index contributed by atoms with van der Waals surface area (Å²) in [6.07, 6.45) is 2.53. The van der Waals surface area contributed by atoms with E-state index in [9.17, 15) is 9.18 Å². The Balaban J connectivity index is 2.90. The molecule has 1 N–H and O–H groups in total. The van der Waals surface area contributed by atoms with Crippen LogP contribution in [0.5, 0.6) is 0 Å². The topological polar surface area (TPSA) is 50.7 Å². The molecule has 0 amide bonds. The number of carbonyl (C=O) groups excluding carboxylic acids is 1. The second kappa shape index (κ2) is 8.19. The minimum atomic E-state index is -0.387. The lowest BCUT2D eigenvalue weighted by Crippen LogP contribution is -2.23. The molecule has 0 atom stereocenters. The van der Waals surface area contributed by atoms with E-state index >= 15 is 0 Å². The first kappa shape index (κ1) is 16.9. The largest absolute Gasteiger partial charge is 0.468 e. The van der Waals surface area contributed by atoms with Gasteiger partial charge in [0.25, 0.3) is 0 Å². The first-order valence-corrected chi connectivity index (χ1v) is 6.81. The zero-order chi connectivity index (χ0) is 15.8. The molecule has 0 bridgehead atoms. The van der Waals surface area contributed by atoms with Crippen LogP contribution < -0.4 is 5.32 Å². The number of aliphatic imine (C=N–C) groups is 1. The fraction of sp³-hybridized carbons (Fsp3) is 0.375. The molecule has 1 rings (SSSR count). The van der Waals surface area contributed by atoms with Crippen molar-refractivity contribution in [2.24, 2.45) is 4.99 Å². The van der Waals surface area contributed by atoms with Crippen LogP contribution in [0.1, 0.15) is 31.4 Å². The van der Waals surface area contributed by atoms with Crippen molar-refractivity contribution in [1.29, 1.82) is 0 Å². The Hall–Kier alpha value is -2.17. The highest BCUT2D eigenvalue weighted by Gasteiger charge is 2.07. The molecule has 0 saturated heterocycles. The summed E-state index contributed by atoms with van der Waals surface area (Å²) < 4.78 is 17.9. The van der Waals surface area contributed by atoms with Gasteiger partial charge in [-0.3, -0.25) is 9.79 Å². The van der Waals surface area contributed by atoms with E-state index in [0.29, 0.717) is 17.8 Å². The van der Waals surface area contributed by atoms with E-state index in [0.717, 1.165) is 11.3 Å². The number of halogens is 1. The molecule has 0 spiro atoms. The maximum Gasteiger partial charge on any atom is 0.327 e. The lowest BCUT2D eigenvalue weighted by atomic mass is 10.1. The van der Waals surface area contributed by atoms with Crippen LogP contribution in [-0.4, -0.2) is 25.5 Å². The van der Waals surface area contributed by atoms with Gasteiger partial charge in [-0.2, -0.15) is 0 Å². The van der Waals surface area contributed by atoms with Gasteiger partial charge in [0.05, 0.1) is 7.11 Å². The molecule has 1 aromatic rings. The van der Waals surface area contributed by atoms with Crippen molar-refractivity contribution in [2.45, 2.75) is 27.2 Å². The van der Waals surface area contributed by atoms with Crippen LogP contribution in [0, 0.1) is 12.7 Å². The fourth-order valence-electron chi connectivity index (χ4n) is 1.74. The zero-order valence-electron chi connectivity index (χ0n) is 12.9. The Morgan fingerprint density at radius 2 is 2.19 bits per heavy atom. The number of ether oxygens (including phenoxy) is 1. The third-order valence-electron chi connectivity index (χ3n) is 3.00. The normalized spacial score (nSPS) is 12.2. The van der Waals surface area contributed by atoms with Crippen LogP contribution >= 0.6 is 0 Å². The SMILES string of the molecule is CC=C(NC(CC)=NCC(=O)OC)c1ccc(F)c(C)c1. The number of esters is 1. The zero-order valence-corrected chi connectivity index (χ0v) is 12.9. The van der Waals surface area contributed by atoms with Gasteiger partial charge in [-0.15, -0.1) is 0 Å². The number of aryl methyl sites for hydroxylation is 1. The van der Waals surface area contributed by atoms with E-state index in [1.165, 1.54) is 13.2 Å². The predicted molar refractivity (Wildman–Crippen MR) is 82.5 cm³/mol. The molecule has 4 nitrogen and oxygen atoms in total. The highest BCUT2D eigenvalue weighted by molar-refractivity contribution is 5.91. The summed E-state index contributed by atoms with van der Waals surface area (Å²) in [5.74, 6) is 0.0576. The first-order valence-electron chi connectivity index (χ1n) is 6.81. The number of nitrogens with one attached hydrogen (secondary N) is 1. The van der Waals surface area contributed by atoms with Gasteiger partial charge in [0.15, 0.2) is 0 Å². The van der Waals surface area contributed by atoms with Crippen molar-refractivity contribution >= 4 is 17.5 Å². The van der Waals surface area contributed by atoms with Crippen LogP contribution in [0.25, 0.3) is 5.70 Å². The number of hydrogen-bond donors (Lipinski definition) is 1. The third-order valence-corrected chi connectivity index (χ3v) is 3.00. The van der Waals surface area contributed by atoms with Crippen LogP contribution in [0.3, 0.4) is 0 Å². The van der Waals surface area contributed by atoms with Crippen LogP contribution in [0.2, 0.25) is 0 Å². The summed E-state index contributed by atoms with van der Waals surface area (Å²) in [7, 11) is 1.33. The van der Waals surface area contributed by atoms with Gasteiger partial charge in [0, 0.05) is 12.1 Å². The highest BCUT2D eigenvalue weighted by Crippen LogP contribution is 2.16. The Kier molecular flexibility index (Phi) is 6.59. The van der Waals surface area contributed by atoms with Crippen LogP contribution in [0.4, 0.5) is 4.39 Å². The lowest BCUT2D eigenvalue weighted by molar-refractivity contribution is -0.138. The average Bonchev–Trinajstić information content (AvgIpc) is 2.50. The molecule has 114 valence electrons. The lowest BCUT2D eigenvalue weighted by Gasteiger charge is -2.13. The maximum absolute atomic E-state index is 13.3. The summed E-state index contributed by atoms with van der Waals surface area (Å²) in [6.45, 7) is 5.52. The second-order valence-electron chi connectivity index (χ2n) is 4.48. The minimum Gasteiger partial charge on any atom is -0.468 e. The molecule has 0 radical (unpaired) electrons. The summed E-state index contributed by atoms with van der Waals surface area (Å²) in [5.41, 5.74) is 2.28. The molecule has 0 aliphatic heterocycles. The Morgan fingerprint density at radius 3 is 2.71 bits per heavy atom. The van der Waals surface area contributed by atoms with Crippen molar-refractivity contribution in [3.05, 3.63) is 41.2 Å². The Labute approximate surface area is 124 Å². The maximum atomic E-state index is 13.3. The van der Waals surface area contributed by atoms with Crippen molar-refractivity contribution in [3.63, 3.8) is 0 Å². The van der Waals surface area contributed by atoms with E-state index in [-0.39, 0.29) is 18.3 Å². The third kappa shape index (κ3) is 5.02. The number of hydrogen-bond acceptors (Lipinski definition) is 3. The molecule has 0 saturated carbocycles. The Morgan fingerprint density at radius 1 is 1.48 bits per heavy atom. The molecule has 0 fully saturated rings. The van der Waals surface area contributed by atoms with Crippen molar-refractivity contribution < 1.29 is 13.9 Å². The first-order chi connectivity index (χ1) is 10.0. The standard InChI is InChI=1S/C16H21FN2O2/c1-5-14(12-7-8-13(17)11(3)9-12)19-15(6-2)18-10-16(20)21-4/h5,7-9H,6,10H2,1-4H3,(H,18,19). The molecule has 0 aromatic heterocycles. The molecule has 1 aromatic carbocycles. The van der Waals surface area contributed by atoms with Gasteiger partial charge in [-0.1, -0.05) is 13.0 Å². The summed E-state index contributed by atoms with van der Waals surface area (Å²) >= 11 is 0. The molecule has 0 unspecified atom stereocenters. The number of carbonyl (C=O) groups is 1. The van der Waals surface area contributed by atoms with Crippen LogP contribution in [-0.2, 0) is 9.53 Å². The fourth-order valence-corrected chi connectivity index (χ4v) is 1.74. The van der Waals surface area contributed by atoms with Crippen LogP contribution in [0.15, 0.2) is 29.3 Å². The number of amidine groups is 1. The van der Waals surface area contributed by atoms with Gasteiger partial charge in [-0.05, 0) is 43.2 Å². The molecule has 0 heterocycles. The van der Waals surface area contributed by atoms with Gasteiger partial charge in [0.2, 0.25) is 0 Å². The predicted octanol–water partition coefficient (Wildman–Crippen LogP) is 3.07. The summed E-state index contributed by atoms with van der Waals surface area (Å²) in [6, 6.07) is 4.91. The van der Waals surface area contributed by atoms with Gasteiger partial charge >= 0.3 is 5.97 Å². The van der Waals surface area contributed by atoms with Gasteiger partial charge in [-0.25, -0.2) is 4.39 Å². The molecule has 0 aliphatic rings. The summed E-state index contributed by atoms with van der Waals surface area (Å²) in [4.78, 5) is 15.3. The average molecular weight is 292 g/mol. The monoisotopic (exact) mass is 292 g/mol. The molecular formula is C16H21FN2O2. The van der Waals surface area contributed by atoms with Crippen molar-refractivity contribution in [3.8, 4) is 0 Å². The van der Waals surface area contributed by atoms with E-state index in [4.69, 9.17) is 0 Å². The Bertz CT molecular complexity index is 565. The molecule has 5 heteroatoms. The number of allylic oxidation sites excluding steroid dienone is 1. The van der Waals surface area contributed by atoms with E-state index in [1.54, 1.807) is 19.1 Å². The quantitative estimate of drug-likeness (QED) is 0.515. The van der Waals surface area contributed by atoms with Gasteiger partial charge in [0.1, 0.15) is 18.2 Å². The number of rotatable bonds is 5. The number of methoxy groups -OCH3 is 1. The molecule has 0 aliphatic carbocycles. The smallest absolute Gasteiger partial charge is 0.327 e. The molecular weight excluding hydrogens is 271 g/mol. The highest BCUT2D eigenvalue weighted by atomic mass is 19.1.